The van der Waals surface area contributed by atoms with E-state index in [-0.39, 0.29) is 6.03 Å². The monoisotopic (exact) mass is 337 g/mol. The minimum Gasteiger partial charge on any atom is -0.372 e. The molecule has 2 aromatic carbocycles. The van der Waals surface area contributed by atoms with Crippen molar-refractivity contribution in [1.82, 2.24) is 0 Å². The maximum atomic E-state index is 12.4. The van der Waals surface area contributed by atoms with E-state index < -0.39 is 0 Å². The van der Waals surface area contributed by atoms with E-state index in [2.05, 4.69) is 47.6 Å². The molecular weight excluding hydrogens is 310 g/mol. The summed E-state index contributed by atoms with van der Waals surface area (Å²) in [6, 6.07) is 14.0. The Balaban J connectivity index is 1.67. The van der Waals surface area contributed by atoms with Gasteiger partial charge in [0.2, 0.25) is 0 Å². The van der Waals surface area contributed by atoms with Gasteiger partial charge < -0.3 is 15.5 Å². The summed E-state index contributed by atoms with van der Waals surface area (Å²) in [5, 5.41) is 5.95. The van der Waals surface area contributed by atoms with E-state index in [9.17, 15) is 4.79 Å². The van der Waals surface area contributed by atoms with Gasteiger partial charge >= 0.3 is 6.03 Å². The van der Waals surface area contributed by atoms with Crippen molar-refractivity contribution in [2.75, 3.05) is 28.6 Å². The quantitative estimate of drug-likeness (QED) is 0.788. The minimum absolute atomic E-state index is 0.204. The van der Waals surface area contributed by atoms with Crippen LogP contribution in [0.25, 0.3) is 0 Å². The molecule has 1 aliphatic heterocycles. The van der Waals surface area contributed by atoms with Crippen LogP contribution in [-0.4, -0.2) is 19.1 Å². The predicted molar refractivity (Wildman–Crippen MR) is 106 cm³/mol. The standard InChI is InChI=1S/C21H27N3O/c1-15(2)19-8-6-7-16(3)20(19)23-21(25)22-17-9-11-18(12-10-17)24-13-4-5-14-24/h6-12,15H,4-5,13-14H2,1-3H3,(H2,22,23,25). The summed E-state index contributed by atoms with van der Waals surface area (Å²) >= 11 is 0. The summed E-state index contributed by atoms with van der Waals surface area (Å²) in [5.74, 6) is 0.356. The molecule has 0 atom stereocenters. The average molecular weight is 337 g/mol. The molecule has 2 N–H and O–H groups in total. The molecule has 3 rings (SSSR count). The van der Waals surface area contributed by atoms with E-state index in [0.29, 0.717) is 5.92 Å². The zero-order valence-electron chi connectivity index (χ0n) is 15.3. The Morgan fingerprint density at radius 2 is 1.68 bits per heavy atom. The van der Waals surface area contributed by atoms with Crippen LogP contribution in [0.2, 0.25) is 0 Å². The molecular formula is C21H27N3O. The molecule has 4 nitrogen and oxygen atoms in total. The molecule has 0 aromatic heterocycles. The van der Waals surface area contributed by atoms with Crippen LogP contribution < -0.4 is 15.5 Å². The molecule has 132 valence electrons. The summed E-state index contributed by atoms with van der Waals surface area (Å²) in [7, 11) is 0. The van der Waals surface area contributed by atoms with E-state index >= 15 is 0 Å². The zero-order chi connectivity index (χ0) is 17.8. The molecule has 0 saturated carbocycles. The number of benzene rings is 2. The number of hydrogen-bond acceptors (Lipinski definition) is 2. The number of para-hydroxylation sites is 1. The molecule has 1 heterocycles. The molecule has 2 aromatic rings. The maximum absolute atomic E-state index is 12.4. The number of anilines is 3. The Hall–Kier alpha value is -2.49. The van der Waals surface area contributed by atoms with Crippen LogP contribution in [0.15, 0.2) is 42.5 Å². The van der Waals surface area contributed by atoms with Gasteiger partial charge in [0.15, 0.2) is 0 Å². The van der Waals surface area contributed by atoms with E-state index in [1.807, 2.05) is 31.2 Å². The van der Waals surface area contributed by atoms with Crippen LogP contribution >= 0.6 is 0 Å². The van der Waals surface area contributed by atoms with Gasteiger partial charge in [-0.15, -0.1) is 0 Å². The lowest BCUT2D eigenvalue weighted by Crippen LogP contribution is -2.21. The van der Waals surface area contributed by atoms with Gasteiger partial charge in [0.25, 0.3) is 0 Å². The van der Waals surface area contributed by atoms with Gasteiger partial charge in [0, 0.05) is 30.2 Å². The van der Waals surface area contributed by atoms with Gasteiger partial charge in [-0.3, -0.25) is 0 Å². The molecule has 1 saturated heterocycles. The summed E-state index contributed by atoms with van der Waals surface area (Å²) in [4.78, 5) is 14.8. The maximum Gasteiger partial charge on any atom is 0.323 e. The summed E-state index contributed by atoms with van der Waals surface area (Å²) < 4.78 is 0. The molecule has 0 aliphatic carbocycles. The lowest BCUT2D eigenvalue weighted by molar-refractivity contribution is 0.262. The first-order valence-corrected chi connectivity index (χ1v) is 9.07. The molecule has 1 aliphatic rings. The van der Waals surface area contributed by atoms with Crippen LogP contribution in [0, 0.1) is 6.92 Å². The predicted octanol–water partition coefficient (Wildman–Crippen LogP) is 5.36. The third-order valence-electron chi connectivity index (χ3n) is 4.76. The zero-order valence-corrected chi connectivity index (χ0v) is 15.3. The fraction of sp³-hybridized carbons (Fsp3) is 0.381. The van der Waals surface area contributed by atoms with Crippen LogP contribution in [0.5, 0.6) is 0 Å². The first-order chi connectivity index (χ1) is 12.0. The third kappa shape index (κ3) is 4.13. The minimum atomic E-state index is -0.204. The second-order valence-corrected chi connectivity index (χ2v) is 7.01. The van der Waals surface area contributed by atoms with Gasteiger partial charge in [-0.2, -0.15) is 0 Å². The Bertz CT molecular complexity index is 731. The molecule has 0 unspecified atom stereocenters. The molecule has 4 heteroatoms. The molecule has 25 heavy (non-hydrogen) atoms. The van der Waals surface area contributed by atoms with Crippen LogP contribution in [0.3, 0.4) is 0 Å². The number of rotatable bonds is 4. The first-order valence-electron chi connectivity index (χ1n) is 9.07. The summed E-state index contributed by atoms with van der Waals surface area (Å²) in [6.07, 6.45) is 2.52. The van der Waals surface area contributed by atoms with Crippen molar-refractivity contribution in [1.29, 1.82) is 0 Å². The highest BCUT2D eigenvalue weighted by Crippen LogP contribution is 2.28. The smallest absolute Gasteiger partial charge is 0.323 e. The Morgan fingerprint density at radius 1 is 1.00 bits per heavy atom. The highest BCUT2D eigenvalue weighted by molar-refractivity contribution is 6.00. The Kier molecular flexibility index (Phi) is 5.27. The van der Waals surface area contributed by atoms with E-state index in [0.717, 1.165) is 35.6 Å². The topological polar surface area (TPSA) is 44.4 Å². The number of hydrogen-bond donors (Lipinski definition) is 2. The number of amides is 2. The molecule has 0 bridgehead atoms. The van der Waals surface area contributed by atoms with Crippen molar-refractivity contribution in [2.45, 2.75) is 39.5 Å². The summed E-state index contributed by atoms with van der Waals surface area (Å²) in [6.45, 7) is 8.53. The van der Waals surface area contributed by atoms with Crippen molar-refractivity contribution in [3.8, 4) is 0 Å². The first kappa shape index (κ1) is 17.3. The fourth-order valence-corrected chi connectivity index (χ4v) is 3.35. The van der Waals surface area contributed by atoms with Gasteiger partial charge in [0.05, 0.1) is 0 Å². The van der Waals surface area contributed by atoms with Gasteiger partial charge in [-0.05, 0) is 61.1 Å². The number of aryl methyl sites for hydroxylation is 1. The van der Waals surface area contributed by atoms with E-state index in [1.54, 1.807) is 0 Å². The number of carbonyl (C=O) groups excluding carboxylic acids is 1. The lowest BCUT2D eigenvalue weighted by Gasteiger charge is -2.18. The van der Waals surface area contributed by atoms with Gasteiger partial charge in [0.1, 0.15) is 0 Å². The highest BCUT2D eigenvalue weighted by Gasteiger charge is 2.14. The number of urea groups is 1. The lowest BCUT2D eigenvalue weighted by atomic mass is 9.98. The van der Waals surface area contributed by atoms with Crippen molar-refractivity contribution < 1.29 is 4.79 Å². The molecule has 0 spiro atoms. The molecule has 1 fully saturated rings. The largest absolute Gasteiger partial charge is 0.372 e. The van der Waals surface area contributed by atoms with Crippen molar-refractivity contribution in [2.24, 2.45) is 0 Å². The Labute approximate surface area is 150 Å². The van der Waals surface area contributed by atoms with Crippen molar-refractivity contribution >= 4 is 23.1 Å². The normalized spacial score (nSPS) is 14.0. The van der Waals surface area contributed by atoms with E-state index in [4.69, 9.17) is 0 Å². The average Bonchev–Trinajstić information content (AvgIpc) is 3.11. The number of nitrogens with one attached hydrogen (secondary N) is 2. The summed E-state index contributed by atoms with van der Waals surface area (Å²) in [5.41, 5.74) is 5.17. The second-order valence-electron chi connectivity index (χ2n) is 7.01. The van der Waals surface area contributed by atoms with Gasteiger partial charge in [-0.1, -0.05) is 32.0 Å². The number of carbonyl (C=O) groups is 1. The SMILES string of the molecule is Cc1cccc(C(C)C)c1NC(=O)Nc1ccc(N2CCCC2)cc1. The van der Waals surface area contributed by atoms with Gasteiger partial charge in [-0.25, -0.2) is 4.79 Å². The highest BCUT2D eigenvalue weighted by atomic mass is 16.2. The van der Waals surface area contributed by atoms with E-state index in [1.165, 1.54) is 18.5 Å². The van der Waals surface area contributed by atoms with Crippen LogP contribution in [0.1, 0.15) is 43.7 Å². The second kappa shape index (κ2) is 7.60. The van der Waals surface area contributed by atoms with Crippen LogP contribution in [-0.2, 0) is 0 Å². The Morgan fingerprint density at radius 3 is 2.32 bits per heavy atom. The van der Waals surface area contributed by atoms with Crippen molar-refractivity contribution in [3.63, 3.8) is 0 Å². The van der Waals surface area contributed by atoms with Crippen LogP contribution in [0.4, 0.5) is 21.9 Å². The third-order valence-corrected chi connectivity index (χ3v) is 4.76. The molecule has 2 amide bonds. The molecule has 0 radical (unpaired) electrons. The fourth-order valence-electron chi connectivity index (χ4n) is 3.35. The number of nitrogens with zero attached hydrogens (tertiary/aromatic N) is 1. The van der Waals surface area contributed by atoms with Crippen molar-refractivity contribution in [3.05, 3.63) is 53.6 Å².